The highest BCUT2D eigenvalue weighted by Crippen LogP contribution is 2.40. The Morgan fingerprint density at radius 2 is 2.27 bits per heavy atom. The molecule has 3 rings (SSSR count). The average Bonchev–Trinajstić information content (AvgIpc) is 2.97. The first-order valence-electron chi connectivity index (χ1n) is 6.82. The van der Waals surface area contributed by atoms with Gasteiger partial charge in [-0.05, 0) is 6.92 Å². The van der Waals surface area contributed by atoms with Gasteiger partial charge < -0.3 is 30.4 Å². The predicted molar refractivity (Wildman–Crippen MR) is 79.7 cm³/mol. The number of anilines is 1. The fourth-order valence-corrected chi connectivity index (χ4v) is 2.86. The maximum Gasteiger partial charge on any atom is 0.167 e. The Labute approximate surface area is 126 Å². The van der Waals surface area contributed by atoms with Gasteiger partial charge in [-0.3, -0.25) is 0 Å². The number of fused-ring (bicyclic) bond motifs is 1. The van der Waals surface area contributed by atoms with Crippen LogP contribution in [0.2, 0.25) is 0 Å². The molecule has 0 amide bonds. The van der Waals surface area contributed by atoms with Crippen molar-refractivity contribution in [3.63, 3.8) is 0 Å². The molecule has 5 N–H and O–H groups in total. The van der Waals surface area contributed by atoms with Crippen LogP contribution >= 0.6 is 0 Å². The van der Waals surface area contributed by atoms with Crippen LogP contribution in [-0.2, 0) is 4.74 Å². The molecule has 1 aliphatic heterocycles. The molecule has 0 radical (unpaired) electrons. The second-order valence-corrected chi connectivity index (χ2v) is 5.53. The van der Waals surface area contributed by atoms with Crippen molar-refractivity contribution in [3.8, 4) is 0 Å². The topological polar surface area (TPSA) is 127 Å². The first-order valence-corrected chi connectivity index (χ1v) is 6.82. The van der Waals surface area contributed by atoms with Crippen molar-refractivity contribution in [2.75, 3.05) is 12.3 Å². The molecule has 0 aliphatic carbocycles. The van der Waals surface area contributed by atoms with Crippen LogP contribution in [0.4, 0.5) is 5.82 Å². The van der Waals surface area contributed by atoms with Gasteiger partial charge in [0.05, 0.1) is 12.0 Å². The molecule has 2 unspecified atom stereocenters. The van der Waals surface area contributed by atoms with Crippen LogP contribution < -0.4 is 5.73 Å². The van der Waals surface area contributed by atoms with E-state index in [1.54, 1.807) is 16.8 Å². The maximum atomic E-state index is 10.6. The zero-order valence-electron chi connectivity index (χ0n) is 12.0. The van der Waals surface area contributed by atoms with Crippen LogP contribution in [0.5, 0.6) is 0 Å². The largest absolute Gasteiger partial charge is 0.394 e. The Balaban J connectivity index is 2.19. The lowest BCUT2D eigenvalue weighted by atomic mass is 9.96. The van der Waals surface area contributed by atoms with Gasteiger partial charge in [0.2, 0.25) is 0 Å². The predicted octanol–water partition coefficient (Wildman–Crippen LogP) is -0.342. The van der Waals surface area contributed by atoms with Crippen molar-refractivity contribution >= 4 is 22.9 Å². The van der Waals surface area contributed by atoms with Crippen LogP contribution in [0, 0.1) is 0 Å². The molecule has 8 heteroatoms. The fourth-order valence-electron chi connectivity index (χ4n) is 2.86. The first-order chi connectivity index (χ1) is 10.4. The summed E-state index contributed by atoms with van der Waals surface area (Å²) < 4.78 is 7.18. The molecule has 4 atom stereocenters. The number of nitrogens with two attached hydrogens (primary N) is 1. The van der Waals surface area contributed by atoms with Gasteiger partial charge in [0.1, 0.15) is 35.6 Å². The molecule has 0 aromatic carbocycles. The normalized spacial score (nSPS) is 31.7. The van der Waals surface area contributed by atoms with Crippen LogP contribution in [-0.4, -0.2) is 54.3 Å². The molecule has 0 spiro atoms. The highest BCUT2D eigenvalue weighted by molar-refractivity contribution is 5.94. The van der Waals surface area contributed by atoms with Gasteiger partial charge in [0.15, 0.2) is 6.23 Å². The van der Waals surface area contributed by atoms with E-state index in [4.69, 9.17) is 10.5 Å². The molecule has 0 bridgehead atoms. The Morgan fingerprint density at radius 3 is 2.86 bits per heavy atom. The van der Waals surface area contributed by atoms with Gasteiger partial charge in [-0.15, -0.1) is 0 Å². The minimum atomic E-state index is -1.60. The molecule has 22 heavy (non-hydrogen) atoms. The highest BCUT2D eigenvalue weighted by atomic mass is 16.6. The average molecular weight is 306 g/mol. The second kappa shape index (κ2) is 5.03. The summed E-state index contributed by atoms with van der Waals surface area (Å²) in [6.07, 6.45) is 1.54. The lowest BCUT2D eigenvalue weighted by Crippen LogP contribution is -2.44. The molecular formula is C14H18N4O4. The molecule has 1 fully saturated rings. The van der Waals surface area contributed by atoms with E-state index in [2.05, 4.69) is 16.5 Å². The lowest BCUT2D eigenvalue weighted by molar-refractivity contribution is -0.0948. The summed E-state index contributed by atoms with van der Waals surface area (Å²) in [6.45, 7) is 4.77. The zero-order chi connectivity index (χ0) is 16.1. The van der Waals surface area contributed by atoms with Gasteiger partial charge in [-0.25, -0.2) is 9.97 Å². The number of aliphatic hydroxyl groups excluding tert-OH is 2. The third-order valence-electron chi connectivity index (χ3n) is 4.08. The van der Waals surface area contributed by atoms with Crippen molar-refractivity contribution < 1.29 is 20.1 Å². The molecule has 2 aromatic heterocycles. The standard InChI is InChI=1S/C14H18N4O4/c1-3-7-4-18(12-9(7)11(15)16-6-17-12)13-14(2,21)10(20)8(5-19)22-13/h3-4,6,8,10,13,19-21H,1,5H2,2H3,(H2,15,16,17)/t8?,10-,13?,14+/m1/s1. The van der Waals surface area contributed by atoms with E-state index in [1.807, 2.05) is 0 Å². The van der Waals surface area contributed by atoms with Crippen LogP contribution in [0.3, 0.4) is 0 Å². The van der Waals surface area contributed by atoms with Gasteiger partial charge in [-0.1, -0.05) is 12.7 Å². The molecule has 1 aliphatic rings. The van der Waals surface area contributed by atoms with E-state index in [-0.39, 0.29) is 5.82 Å². The lowest BCUT2D eigenvalue weighted by Gasteiger charge is -2.27. The minimum Gasteiger partial charge on any atom is -0.394 e. The second-order valence-electron chi connectivity index (χ2n) is 5.53. The van der Waals surface area contributed by atoms with Gasteiger partial charge in [-0.2, -0.15) is 0 Å². The summed E-state index contributed by atoms with van der Waals surface area (Å²) in [7, 11) is 0. The summed E-state index contributed by atoms with van der Waals surface area (Å²) in [5.41, 5.74) is 5.43. The SMILES string of the molecule is C=Cc1cn(C2OC(CO)[C@@H](O)[C@]2(C)O)c2ncnc(N)c12. The van der Waals surface area contributed by atoms with Crippen molar-refractivity contribution in [1.29, 1.82) is 0 Å². The van der Waals surface area contributed by atoms with E-state index in [9.17, 15) is 15.3 Å². The van der Waals surface area contributed by atoms with Gasteiger partial charge >= 0.3 is 0 Å². The molecule has 8 nitrogen and oxygen atoms in total. The summed E-state index contributed by atoms with van der Waals surface area (Å²) >= 11 is 0. The number of aromatic nitrogens is 3. The molecule has 2 aromatic rings. The fraction of sp³-hybridized carbons (Fsp3) is 0.429. The summed E-state index contributed by atoms with van der Waals surface area (Å²) in [6, 6.07) is 0. The van der Waals surface area contributed by atoms with E-state index >= 15 is 0 Å². The molecule has 0 saturated carbocycles. The summed E-state index contributed by atoms with van der Waals surface area (Å²) in [4.78, 5) is 8.14. The third-order valence-corrected chi connectivity index (χ3v) is 4.08. The smallest absolute Gasteiger partial charge is 0.167 e. The van der Waals surface area contributed by atoms with Crippen molar-refractivity contribution in [1.82, 2.24) is 14.5 Å². The molecule has 1 saturated heterocycles. The van der Waals surface area contributed by atoms with E-state index in [0.717, 1.165) is 0 Å². The van der Waals surface area contributed by atoms with Gasteiger partial charge in [0.25, 0.3) is 0 Å². The minimum absolute atomic E-state index is 0.288. The number of nitrogens with zero attached hydrogens (tertiary/aromatic N) is 3. The molecular weight excluding hydrogens is 288 g/mol. The van der Waals surface area contributed by atoms with Crippen LogP contribution in [0.15, 0.2) is 19.1 Å². The van der Waals surface area contributed by atoms with E-state index in [0.29, 0.717) is 16.6 Å². The van der Waals surface area contributed by atoms with Crippen LogP contribution in [0.25, 0.3) is 17.1 Å². The van der Waals surface area contributed by atoms with E-state index in [1.165, 1.54) is 13.3 Å². The Kier molecular flexibility index (Phi) is 3.41. The monoisotopic (exact) mass is 306 g/mol. The van der Waals surface area contributed by atoms with Crippen molar-refractivity contribution in [3.05, 3.63) is 24.7 Å². The Morgan fingerprint density at radius 1 is 1.55 bits per heavy atom. The van der Waals surface area contributed by atoms with Crippen LogP contribution in [0.1, 0.15) is 18.7 Å². The number of hydrogen-bond donors (Lipinski definition) is 4. The number of hydrogen-bond acceptors (Lipinski definition) is 7. The number of rotatable bonds is 3. The quantitative estimate of drug-likeness (QED) is 0.611. The number of nitrogen functional groups attached to an aromatic ring is 1. The van der Waals surface area contributed by atoms with E-state index < -0.39 is 30.6 Å². The zero-order valence-corrected chi connectivity index (χ0v) is 12.0. The van der Waals surface area contributed by atoms with Gasteiger partial charge in [0, 0.05) is 11.8 Å². The number of aliphatic hydroxyl groups is 3. The number of ether oxygens (including phenoxy) is 1. The Hall–Kier alpha value is -2.00. The summed E-state index contributed by atoms with van der Waals surface area (Å²) in [5.74, 6) is 0.288. The Bertz CT molecular complexity index is 727. The maximum absolute atomic E-state index is 10.6. The highest BCUT2D eigenvalue weighted by Gasteiger charge is 2.53. The third kappa shape index (κ3) is 1.92. The molecule has 3 heterocycles. The van der Waals surface area contributed by atoms with Crippen molar-refractivity contribution in [2.45, 2.75) is 31.0 Å². The summed E-state index contributed by atoms with van der Waals surface area (Å²) in [5, 5.41) is 30.6. The molecule has 118 valence electrons. The van der Waals surface area contributed by atoms with Crippen molar-refractivity contribution in [2.24, 2.45) is 0 Å². The first kappa shape index (κ1) is 14.9.